The van der Waals surface area contributed by atoms with E-state index in [0.717, 1.165) is 50.0 Å². The van der Waals surface area contributed by atoms with Crippen LogP contribution in [0.25, 0.3) is 0 Å². The maximum absolute atomic E-state index is 12.3. The Morgan fingerprint density at radius 1 is 1.16 bits per heavy atom. The van der Waals surface area contributed by atoms with E-state index in [-0.39, 0.29) is 24.7 Å². The van der Waals surface area contributed by atoms with Crippen LogP contribution in [0.15, 0.2) is 0 Å². The van der Waals surface area contributed by atoms with Crippen LogP contribution in [0.3, 0.4) is 0 Å². The zero-order chi connectivity index (χ0) is 13.7. The third-order valence-corrected chi connectivity index (χ3v) is 4.93. The summed E-state index contributed by atoms with van der Waals surface area (Å²) in [5.41, 5.74) is 0. The Kier molecular flexibility index (Phi) is 5.36. The SMILES string of the molecule is O=C(O)CN(C(=O)NC1CCSCC1)C1CCCC1. The van der Waals surface area contributed by atoms with Crippen LogP contribution in [0, 0.1) is 0 Å². The first-order valence-corrected chi connectivity index (χ1v) is 8.19. The van der Waals surface area contributed by atoms with Gasteiger partial charge in [-0.1, -0.05) is 12.8 Å². The third kappa shape index (κ3) is 4.30. The molecule has 1 aliphatic carbocycles. The number of hydrogen-bond donors (Lipinski definition) is 2. The van der Waals surface area contributed by atoms with Gasteiger partial charge in [-0.3, -0.25) is 4.79 Å². The van der Waals surface area contributed by atoms with E-state index < -0.39 is 5.97 Å². The number of carboxylic acids is 1. The van der Waals surface area contributed by atoms with E-state index in [0.29, 0.717) is 0 Å². The number of aliphatic carboxylic acids is 1. The van der Waals surface area contributed by atoms with Gasteiger partial charge in [-0.15, -0.1) is 0 Å². The van der Waals surface area contributed by atoms with Gasteiger partial charge in [-0.05, 0) is 37.2 Å². The third-order valence-electron chi connectivity index (χ3n) is 3.88. The van der Waals surface area contributed by atoms with Crippen molar-refractivity contribution in [1.82, 2.24) is 10.2 Å². The molecule has 0 atom stereocenters. The predicted octanol–water partition coefficient (Wildman–Crippen LogP) is 1.92. The van der Waals surface area contributed by atoms with E-state index in [2.05, 4.69) is 5.32 Å². The number of carbonyl (C=O) groups is 2. The maximum Gasteiger partial charge on any atom is 0.323 e. The van der Waals surface area contributed by atoms with Crippen LogP contribution in [-0.2, 0) is 4.79 Å². The molecule has 108 valence electrons. The number of rotatable bonds is 4. The highest BCUT2D eigenvalue weighted by atomic mass is 32.2. The van der Waals surface area contributed by atoms with E-state index in [1.165, 1.54) is 4.90 Å². The molecule has 1 heterocycles. The summed E-state index contributed by atoms with van der Waals surface area (Å²) in [5, 5.41) is 12.0. The summed E-state index contributed by atoms with van der Waals surface area (Å²) in [6.45, 7) is -0.183. The zero-order valence-electron chi connectivity index (χ0n) is 11.1. The van der Waals surface area contributed by atoms with Gasteiger partial charge in [0, 0.05) is 12.1 Å². The van der Waals surface area contributed by atoms with Gasteiger partial charge in [0.1, 0.15) is 6.54 Å². The van der Waals surface area contributed by atoms with Crippen molar-refractivity contribution in [3.05, 3.63) is 0 Å². The molecule has 1 aliphatic heterocycles. The minimum Gasteiger partial charge on any atom is -0.480 e. The molecule has 2 fully saturated rings. The molecule has 0 bridgehead atoms. The predicted molar refractivity (Wildman–Crippen MR) is 75.5 cm³/mol. The molecular formula is C13H22N2O3S. The molecule has 2 N–H and O–H groups in total. The monoisotopic (exact) mass is 286 g/mol. The van der Waals surface area contributed by atoms with Crippen LogP contribution in [0.2, 0.25) is 0 Å². The first-order valence-electron chi connectivity index (χ1n) is 7.03. The van der Waals surface area contributed by atoms with Crippen molar-refractivity contribution in [3.63, 3.8) is 0 Å². The van der Waals surface area contributed by atoms with E-state index in [1.807, 2.05) is 11.8 Å². The zero-order valence-corrected chi connectivity index (χ0v) is 12.0. The molecule has 1 saturated carbocycles. The highest BCUT2D eigenvalue weighted by molar-refractivity contribution is 7.99. The molecule has 0 aromatic rings. The first kappa shape index (κ1) is 14.5. The molecule has 5 nitrogen and oxygen atoms in total. The summed E-state index contributed by atoms with van der Waals surface area (Å²) in [6, 6.07) is 0.131. The Morgan fingerprint density at radius 2 is 1.79 bits per heavy atom. The second-order valence-corrected chi connectivity index (χ2v) is 6.52. The number of thioether (sulfide) groups is 1. The molecule has 0 radical (unpaired) electrons. The molecule has 0 aromatic heterocycles. The number of carboxylic acid groups (broad SMARTS) is 1. The van der Waals surface area contributed by atoms with E-state index in [9.17, 15) is 9.59 Å². The molecule has 2 amide bonds. The van der Waals surface area contributed by atoms with E-state index in [1.54, 1.807) is 0 Å². The van der Waals surface area contributed by atoms with E-state index >= 15 is 0 Å². The second-order valence-electron chi connectivity index (χ2n) is 5.30. The lowest BCUT2D eigenvalue weighted by Gasteiger charge is -2.31. The molecule has 0 unspecified atom stereocenters. The summed E-state index contributed by atoms with van der Waals surface area (Å²) in [6.07, 6.45) is 6.02. The van der Waals surface area contributed by atoms with Crippen molar-refractivity contribution in [1.29, 1.82) is 0 Å². The minimum atomic E-state index is -0.929. The summed E-state index contributed by atoms with van der Waals surface area (Å²) in [5.74, 6) is 1.22. The number of nitrogens with one attached hydrogen (secondary N) is 1. The Morgan fingerprint density at radius 3 is 2.37 bits per heavy atom. The van der Waals surface area contributed by atoms with Crippen LogP contribution in [-0.4, -0.2) is 52.1 Å². The molecule has 2 rings (SSSR count). The second kappa shape index (κ2) is 7.03. The van der Waals surface area contributed by atoms with Crippen LogP contribution >= 0.6 is 11.8 Å². The normalized spacial score (nSPS) is 21.3. The van der Waals surface area contributed by atoms with Gasteiger partial charge in [-0.25, -0.2) is 4.79 Å². The lowest BCUT2D eigenvalue weighted by molar-refractivity contribution is -0.138. The lowest BCUT2D eigenvalue weighted by atomic mass is 10.1. The molecule has 0 aromatic carbocycles. The number of nitrogens with zero attached hydrogens (tertiary/aromatic N) is 1. The minimum absolute atomic E-state index is 0.106. The average molecular weight is 286 g/mol. The van der Waals surface area contributed by atoms with Crippen LogP contribution in [0.5, 0.6) is 0 Å². The number of urea groups is 1. The maximum atomic E-state index is 12.3. The topological polar surface area (TPSA) is 69.6 Å². The van der Waals surface area contributed by atoms with Gasteiger partial charge >= 0.3 is 12.0 Å². The Balaban J connectivity index is 1.91. The largest absolute Gasteiger partial charge is 0.480 e. The number of amides is 2. The highest BCUT2D eigenvalue weighted by Crippen LogP contribution is 2.24. The van der Waals surface area contributed by atoms with Gasteiger partial charge in [-0.2, -0.15) is 11.8 Å². The summed E-state index contributed by atoms with van der Waals surface area (Å²) >= 11 is 1.91. The fraction of sp³-hybridized carbons (Fsp3) is 0.846. The van der Waals surface area contributed by atoms with Crippen molar-refractivity contribution < 1.29 is 14.7 Å². The number of carbonyl (C=O) groups excluding carboxylic acids is 1. The number of hydrogen-bond acceptors (Lipinski definition) is 3. The lowest BCUT2D eigenvalue weighted by Crippen LogP contribution is -2.51. The highest BCUT2D eigenvalue weighted by Gasteiger charge is 2.29. The fourth-order valence-corrected chi connectivity index (χ4v) is 3.93. The van der Waals surface area contributed by atoms with Gasteiger partial charge in [0.15, 0.2) is 0 Å². The summed E-state index contributed by atoms with van der Waals surface area (Å²) in [7, 11) is 0. The fourth-order valence-electron chi connectivity index (χ4n) is 2.83. The summed E-state index contributed by atoms with van der Waals surface area (Å²) in [4.78, 5) is 24.7. The first-order chi connectivity index (χ1) is 9.16. The van der Waals surface area contributed by atoms with Crippen LogP contribution in [0.4, 0.5) is 4.79 Å². The smallest absolute Gasteiger partial charge is 0.323 e. The average Bonchev–Trinajstić information content (AvgIpc) is 2.90. The van der Waals surface area contributed by atoms with Crippen molar-refractivity contribution in [2.24, 2.45) is 0 Å². The molecular weight excluding hydrogens is 264 g/mol. The molecule has 1 saturated heterocycles. The van der Waals surface area contributed by atoms with E-state index in [4.69, 9.17) is 5.11 Å². The van der Waals surface area contributed by atoms with Gasteiger partial charge in [0.2, 0.25) is 0 Å². The standard InChI is InChI=1S/C13H22N2O3S/c16-12(17)9-15(11-3-1-2-4-11)13(18)14-10-5-7-19-8-6-10/h10-11H,1-9H2,(H,14,18)(H,16,17). The van der Waals surface area contributed by atoms with Crippen molar-refractivity contribution in [3.8, 4) is 0 Å². The molecule has 2 aliphatic rings. The van der Waals surface area contributed by atoms with Crippen LogP contribution in [0.1, 0.15) is 38.5 Å². The summed E-state index contributed by atoms with van der Waals surface area (Å²) < 4.78 is 0. The van der Waals surface area contributed by atoms with Gasteiger partial charge in [0.25, 0.3) is 0 Å². The Bertz CT molecular complexity index is 326. The molecule has 0 spiro atoms. The quantitative estimate of drug-likeness (QED) is 0.828. The Hall–Kier alpha value is -0.910. The van der Waals surface area contributed by atoms with Crippen molar-refractivity contribution >= 4 is 23.8 Å². The van der Waals surface area contributed by atoms with Crippen molar-refractivity contribution in [2.45, 2.75) is 50.6 Å². The van der Waals surface area contributed by atoms with Crippen molar-refractivity contribution in [2.75, 3.05) is 18.1 Å². The van der Waals surface area contributed by atoms with Gasteiger partial charge in [0.05, 0.1) is 0 Å². The van der Waals surface area contributed by atoms with Crippen LogP contribution < -0.4 is 5.32 Å². The van der Waals surface area contributed by atoms with Gasteiger partial charge < -0.3 is 15.3 Å². The molecule has 6 heteroatoms. The molecule has 19 heavy (non-hydrogen) atoms. The Labute approximate surface area is 118 Å².